The van der Waals surface area contributed by atoms with Crippen LogP contribution in [0, 0.1) is 5.92 Å². The van der Waals surface area contributed by atoms with E-state index >= 15 is 0 Å². The van der Waals surface area contributed by atoms with Crippen LogP contribution in [0.2, 0.25) is 0 Å². The van der Waals surface area contributed by atoms with E-state index in [2.05, 4.69) is 23.8 Å². The van der Waals surface area contributed by atoms with Crippen molar-refractivity contribution in [3.05, 3.63) is 22.1 Å². The molecule has 0 radical (unpaired) electrons. The van der Waals surface area contributed by atoms with Gasteiger partial charge in [0.05, 0.1) is 6.61 Å². The SMILES string of the molecule is CCCC(C)CCCOC(=O)c1cc(=O)[nH]c(N(C)C)n1. The Morgan fingerprint density at radius 3 is 2.76 bits per heavy atom. The molecule has 0 saturated heterocycles. The summed E-state index contributed by atoms with van der Waals surface area (Å²) in [7, 11) is 3.48. The molecule has 118 valence electrons. The lowest BCUT2D eigenvalue weighted by Crippen LogP contribution is -2.21. The smallest absolute Gasteiger partial charge is 0.357 e. The number of rotatable bonds is 8. The summed E-state index contributed by atoms with van der Waals surface area (Å²) in [5.41, 5.74) is -0.318. The van der Waals surface area contributed by atoms with Crippen molar-refractivity contribution in [1.29, 1.82) is 0 Å². The fourth-order valence-corrected chi connectivity index (χ4v) is 2.07. The Kier molecular flexibility index (Phi) is 6.91. The predicted molar refractivity (Wildman–Crippen MR) is 82.8 cm³/mol. The van der Waals surface area contributed by atoms with Crippen molar-refractivity contribution in [3.63, 3.8) is 0 Å². The van der Waals surface area contributed by atoms with Gasteiger partial charge in [-0.15, -0.1) is 0 Å². The van der Waals surface area contributed by atoms with Crippen LogP contribution < -0.4 is 10.5 Å². The molecule has 6 nitrogen and oxygen atoms in total. The number of carbonyl (C=O) groups is 1. The van der Waals surface area contributed by atoms with Gasteiger partial charge in [-0.1, -0.05) is 26.7 Å². The molecular formula is C15H25N3O3. The number of nitrogens with zero attached hydrogens (tertiary/aromatic N) is 2. The van der Waals surface area contributed by atoms with Gasteiger partial charge in [0.1, 0.15) is 0 Å². The number of H-pyrrole nitrogens is 1. The Hall–Kier alpha value is -1.85. The van der Waals surface area contributed by atoms with Crippen molar-refractivity contribution in [2.24, 2.45) is 5.92 Å². The average Bonchev–Trinajstić information content (AvgIpc) is 2.43. The minimum absolute atomic E-state index is 0.0454. The maximum Gasteiger partial charge on any atom is 0.357 e. The van der Waals surface area contributed by atoms with E-state index in [-0.39, 0.29) is 11.3 Å². The van der Waals surface area contributed by atoms with Gasteiger partial charge in [-0.25, -0.2) is 9.78 Å². The molecule has 0 aliphatic heterocycles. The van der Waals surface area contributed by atoms with Crippen molar-refractivity contribution >= 4 is 11.9 Å². The maximum atomic E-state index is 11.9. The fraction of sp³-hybridized carbons (Fsp3) is 0.667. The van der Waals surface area contributed by atoms with Crippen molar-refractivity contribution < 1.29 is 9.53 Å². The van der Waals surface area contributed by atoms with Gasteiger partial charge < -0.3 is 9.64 Å². The third-order valence-electron chi connectivity index (χ3n) is 3.22. The van der Waals surface area contributed by atoms with Gasteiger partial charge in [-0.3, -0.25) is 9.78 Å². The second-order valence-electron chi connectivity index (χ2n) is 5.52. The first kappa shape index (κ1) is 17.2. The zero-order valence-corrected chi connectivity index (χ0v) is 13.3. The quantitative estimate of drug-likeness (QED) is 0.588. The average molecular weight is 295 g/mol. The van der Waals surface area contributed by atoms with Crippen LogP contribution in [0.1, 0.15) is 50.0 Å². The van der Waals surface area contributed by atoms with Crippen molar-refractivity contribution in [2.45, 2.75) is 39.5 Å². The van der Waals surface area contributed by atoms with Crippen LogP contribution in [-0.2, 0) is 4.74 Å². The Morgan fingerprint density at radius 1 is 1.43 bits per heavy atom. The molecule has 21 heavy (non-hydrogen) atoms. The van der Waals surface area contributed by atoms with Gasteiger partial charge in [0.15, 0.2) is 5.69 Å². The second kappa shape index (κ2) is 8.44. The van der Waals surface area contributed by atoms with E-state index in [4.69, 9.17) is 4.74 Å². The standard InChI is InChI=1S/C15H25N3O3/c1-5-7-11(2)8-6-9-21-14(20)12-10-13(19)17-15(16-12)18(3)4/h10-11H,5-9H2,1-4H3,(H,16,17,19). The zero-order chi connectivity index (χ0) is 15.8. The first-order chi connectivity index (χ1) is 9.93. The molecule has 1 atom stereocenters. The Bertz CT molecular complexity index is 511. The summed E-state index contributed by atoms with van der Waals surface area (Å²) < 4.78 is 5.17. The number of esters is 1. The maximum absolute atomic E-state index is 11.9. The Balaban J connectivity index is 2.51. The second-order valence-corrected chi connectivity index (χ2v) is 5.52. The van der Waals surface area contributed by atoms with Gasteiger partial charge in [-0.05, 0) is 18.8 Å². The molecule has 0 fully saturated rings. The third-order valence-corrected chi connectivity index (χ3v) is 3.22. The summed E-state index contributed by atoms with van der Waals surface area (Å²) in [5, 5.41) is 0. The van der Waals surface area contributed by atoms with Crippen molar-refractivity contribution in [3.8, 4) is 0 Å². The fourth-order valence-electron chi connectivity index (χ4n) is 2.07. The zero-order valence-electron chi connectivity index (χ0n) is 13.3. The van der Waals surface area contributed by atoms with E-state index in [0.29, 0.717) is 18.5 Å². The van der Waals surface area contributed by atoms with Crippen LogP contribution in [0.3, 0.4) is 0 Å². The predicted octanol–water partition coefficient (Wildman–Crippen LogP) is 2.21. The minimum Gasteiger partial charge on any atom is -0.461 e. The lowest BCUT2D eigenvalue weighted by Gasteiger charge is -2.12. The number of aromatic amines is 1. The van der Waals surface area contributed by atoms with Crippen molar-refractivity contribution in [2.75, 3.05) is 25.6 Å². The molecule has 1 N–H and O–H groups in total. The number of ether oxygens (including phenoxy) is 1. The molecule has 0 saturated carbocycles. The number of anilines is 1. The topological polar surface area (TPSA) is 75.3 Å². The molecular weight excluding hydrogens is 270 g/mol. The van der Waals surface area contributed by atoms with Gasteiger partial charge in [0.25, 0.3) is 5.56 Å². The first-order valence-electron chi connectivity index (χ1n) is 7.39. The summed E-state index contributed by atoms with van der Waals surface area (Å²) >= 11 is 0. The van der Waals surface area contributed by atoms with E-state index in [9.17, 15) is 9.59 Å². The van der Waals surface area contributed by atoms with Gasteiger partial charge >= 0.3 is 5.97 Å². The molecule has 0 amide bonds. The molecule has 0 spiro atoms. The highest BCUT2D eigenvalue weighted by atomic mass is 16.5. The van der Waals surface area contributed by atoms with Gasteiger partial charge in [-0.2, -0.15) is 0 Å². The highest BCUT2D eigenvalue weighted by Crippen LogP contribution is 2.12. The van der Waals surface area contributed by atoms with Crippen molar-refractivity contribution in [1.82, 2.24) is 9.97 Å². The van der Waals surface area contributed by atoms with Gasteiger partial charge in [0.2, 0.25) is 5.95 Å². The molecule has 0 aromatic carbocycles. The number of aromatic nitrogens is 2. The van der Waals surface area contributed by atoms with E-state index in [1.54, 1.807) is 19.0 Å². The summed E-state index contributed by atoms with van der Waals surface area (Å²) in [6, 6.07) is 1.16. The van der Waals surface area contributed by atoms with Crippen LogP contribution in [0.4, 0.5) is 5.95 Å². The number of carbonyl (C=O) groups excluding carboxylic acids is 1. The summed E-state index contributed by atoms with van der Waals surface area (Å²) in [6.07, 6.45) is 4.23. The Labute approximate surface area is 125 Å². The lowest BCUT2D eigenvalue weighted by atomic mass is 10.0. The number of hydrogen-bond donors (Lipinski definition) is 1. The minimum atomic E-state index is -0.549. The number of hydrogen-bond acceptors (Lipinski definition) is 5. The molecule has 1 aromatic heterocycles. The van der Waals surface area contributed by atoms with Crippen LogP contribution >= 0.6 is 0 Å². The summed E-state index contributed by atoms with van der Waals surface area (Å²) in [6.45, 7) is 4.73. The van der Waals surface area contributed by atoms with E-state index in [1.807, 2.05) is 0 Å². The lowest BCUT2D eigenvalue weighted by molar-refractivity contribution is 0.0486. The largest absolute Gasteiger partial charge is 0.461 e. The first-order valence-corrected chi connectivity index (χ1v) is 7.39. The van der Waals surface area contributed by atoms with Gasteiger partial charge in [0, 0.05) is 20.2 Å². The van der Waals surface area contributed by atoms with Crippen LogP contribution in [0.25, 0.3) is 0 Å². The monoisotopic (exact) mass is 295 g/mol. The molecule has 1 heterocycles. The highest BCUT2D eigenvalue weighted by molar-refractivity contribution is 5.87. The molecule has 0 aliphatic rings. The molecule has 6 heteroatoms. The molecule has 1 unspecified atom stereocenters. The number of nitrogens with one attached hydrogen (secondary N) is 1. The van der Waals surface area contributed by atoms with E-state index < -0.39 is 5.97 Å². The molecule has 1 rings (SSSR count). The normalized spacial score (nSPS) is 12.0. The molecule has 1 aromatic rings. The van der Waals surface area contributed by atoms with Crippen LogP contribution in [0.15, 0.2) is 10.9 Å². The van der Waals surface area contributed by atoms with Crippen LogP contribution in [-0.4, -0.2) is 36.6 Å². The summed E-state index contributed by atoms with van der Waals surface area (Å²) in [4.78, 5) is 31.6. The summed E-state index contributed by atoms with van der Waals surface area (Å²) in [5.74, 6) is 0.435. The molecule has 0 bridgehead atoms. The van der Waals surface area contributed by atoms with E-state index in [0.717, 1.165) is 18.9 Å². The van der Waals surface area contributed by atoms with Crippen LogP contribution in [0.5, 0.6) is 0 Å². The highest BCUT2D eigenvalue weighted by Gasteiger charge is 2.12. The molecule has 0 aliphatic carbocycles. The van der Waals surface area contributed by atoms with E-state index in [1.165, 1.54) is 12.8 Å². The third kappa shape index (κ3) is 5.97. The Morgan fingerprint density at radius 2 is 2.14 bits per heavy atom.